The molecule has 0 bridgehead atoms. The maximum Gasteiger partial charge on any atom is 0.344 e. The van der Waals surface area contributed by atoms with Crippen molar-refractivity contribution in [3.63, 3.8) is 0 Å². The molecule has 1 aliphatic rings. The number of nitrogens with one attached hydrogen (secondary N) is 1. The fraction of sp³-hybridized carbons (Fsp3) is 0.650. The summed E-state index contributed by atoms with van der Waals surface area (Å²) < 4.78 is 10.9. The van der Waals surface area contributed by atoms with Crippen LogP contribution >= 0.6 is 0 Å². The summed E-state index contributed by atoms with van der Waals surface area (Å²) in [5.41, 5.74) is 1.81. The van der Waals surface area contributed by atoms with Crippen molar-refractivity contribution in [3.8, 4) is 5.75 Å². The topological polar surface area (TPSA) is 47.6 Å². The SMILES string of the molecule is Cc1cc(CNC2CCCCC2)ccc1OCC(=O)OC(C)(C)C. The Labute approximate surface area is 145 Å². The highest BCUT2D eigenvalue weighted by atomic mass is 16.6. The Morgan fingerprint density at radius 1 is 1.21 bits per heavy atom. The third-order valence-electron chi connectivity index (χ3n) is 4.20. The number of carbonyl (C=O) groups excluding carboxylic acids is 1. The van der Waals surface area contributed by atoms with Gasteiger partial charge in [-0.2, -0.15) is 0 Å². The van der Waals surface area contributed by atoms with Crippen LogP contribution in [0.2, 0.25) is 0 Å². The molecular weight excluding hydrogens is 302 g/mol. The molecule has 24 heavy (non-hydrogen) atoms. The summed E-state index contributed by atoms with van der Waals surface area (Å²) in [7, 11) is 0. The molecule has 0 radical (unpaired) electrons. The molecule has 2 rings (SSSR count). The molecule has 0 unspecified atom stereocenters. The number of hydrogen-bond donors (Lipinski definition) is 1. The van der Waals surface area contributed by atoms with Crippen LogP contribution in [0.1, 0.15) is 64.0 Å². The van der Waals surface area contributed by atoms with Gasteiger partial charge < -0.3 is 14.8 Å². The minimum Gasteiger partial charge on any atom is -0.482 e. The fourth-order valence-electron chi connectivity index (χ4n) is 3.06. The highest BCUT2D eigenvalue weighted by Crippen LogP contribution is 2.21. The van der Waals surface area contributed by atoms with E-state index in [1.165, 1.54) is 37.7 Å². The van der Waals surface area contributed by atoms with E-state index in [9.17, 15) is 4.79 Å². The summed E-state index contributed by atoms with van der Waals surface area (Å²) in [6, 6.07) is 6.78. The second kappa shape index (κ2) is 8.52. The molecule has 0 aromatic heterocycles. The van der Waals surface area contributed by atoms with E-state index in [2.05, 4.69) is 17.4 Å². The molecule has 0 amide bonds. The number of rotatable bonds is 6. The maximum atomic E-state index is 11.7. The van der Waals surface area contributed by atoms with Crippen LogP contribution < -0.4 is 10.1 Å². The smallest absolute Gasteiger partial charge is 0.344 e. The Morgan fingerprint density at radius 3 is 2.54 bits per heavy atom. The van der Waals surface area contributed by atoms with Crippen LogP contribution in [0, 0.1) is 6.92 Å². The van der Waals surface area contributed by atoms with Crippen LogP contribution in [0.3, 0.4) is 0 Å². The van der Waals surface area contributed by atoms with E-state index in [4.69, 9.17) is 9.47 Å². The Bertz CT molecular complexity index is 542. The van der Waals surface area contributed by atoms with Gasteiger partial charge in [-0.05, 0) is 57.7 Å². The molecular formula is C20H31NO3. The highest BCUT2D eigenvalue weighted by Gasteiger charge is 2.17. The van der Waals surface area contributed by atoms with E-state index in [1.54, 1.807) is 0 Å². The minimum absolute atomic E-state index is 0.0578. The number of aryl methyl sites for hydroxylation is 1. The molecule has 1 aliphatic carbocycles. The van der Waals surface area contributed by atoms with Crippen molar-refractivity contribution in [2.45, 2.75) is 78.0 Å². The standard InChI is InChI=1S/C20H31NO3/c1-15-12-16(13-21-17-8-6-5-7-9-17)10-11-18(15)23-14-19(22)24-20(2,3)4/h10-12,17,21H,5-9,13-14H2,1-4H3. The molecule has 0 spiro atoms. The summed E-state index contributed by atoms with van der Waals surface area (Å²) in [5, 5.41) is 3.65. The summed E-state index contributed by atoms with van der Waals surface area (Å²) in [4.78, 5) is 11.7. The number of benzene rings is 1. The number of esters is 1. The summed E-state index contributed by atoms with van der Waals surface area (Å²) in [6.45, 7) is 8.39. The van der Waals surface area contributed by atoms with Gasteiger partial charge in [-0.3, -0.25) is 0 Å². The van der Waals surface area contributed by atoms with Gasteiger partial charge >= 0.3 is 5.97 Å². The lowest BCUT2D eigenvalue weighted by atomic mass is 9.95. The molecule has 0 heterocycles. The lowest BCUT2D eigenvalue weighted by Gasteiger charge is -2.23. The molecule has 1 aromatic carbocycles. The van der Waals surface area contributed by atoms with Gasteiger partial charge in [0, 0.05) is 12.6 Å². The first-order valence-corrected chi connectivity index (χ1v) is 9.01. The van der Waals surface area contributed by atoms with Gasteiger partial charge in [0.25, 0.3) is 0 Å². The first kappa shape index (κ1) is 18.8. The van der Waals surface area contributed by atoms with E-state index < -0.39 is 5.60 Å². The maximum absolute atomic E-state index is 11.7. The van der Waals surface area contributed by atoms with Gasteiger partial charge in [0.15, 0.2) is 6.61 Å². The number of carbonyl (C=O) groups is 1. The largest absolute Gasteiger partial charge is 0.482 e. The second-order valence-electron chi connectivity index (χ2n) is 7.69. The quantitative estimate of drug-likeness (QED) is 0.795. The minimum atomic E-state index is -0.482. The van der Waals surface area contributed by atoms with E-state index in [0.29, 0.717) is 6.04 Å². The van der Waals surface area contributed by atoms with E-state index in [1.807, 2.05) is 33.8 Å². The van der Waals surface area contributed by atoms with Crippen molar-refractivity contribution >= 4 is 5.97 Å². The van der Waals surface area contributed by atoms with Gasteiger partial charge in [-0.15, -0.1) is 0 Å². The molecule has 0 saturated heterocycles. The van der Waals surface area contributed by atoms with Crippen molar-refractivity contribution in [3.05, 3.63) is 29.3 Å². The zero-order valence-electron chi connectivity index (χ0n) is 15.5. The monoisotopic (exact) mass is 333 g/mol. The predicted octanol–water partition coefficient (Wildman–Crippen LogP) is 4.14. The fourth-order valence-corrected chi connectivity index (χ4v) is 3.06. The molecule has 134 valence electrons. The zero-order valence-corrected chi connectivity index (χ0v) is 15.5. The molecule has 4 heteroatoms. The summed E-state index contributed by atoms with van der Waals surface area (Å²) in [5.74, 6) is 0.396. The Kier molecular flexibility index (Phi) is 6.67. The molecule has 1 N–H and O–H groups in total. The second-order valence-corrected chi connectivity index (χ2v) is 7.69. The average molecular weight is 333 g/mol. The van der Waals surface area contributed by atoms with Gasteiger partial charge in [0.05, 0.1) is 0 Å². The zero-order chi connectivity index (χ0) is 17.6. The van der Waals surface area contributed by atoms with Crippen LogP contribution in [-0.2, 0) is 16.1 Å². The Morgan fingerprint density at radius 2 is 1.92 bits per heavy atom. The van der Waals surface area contributed by atoms with Gasteiger partial charge in [0.1, 0.15) is 11.4 Å². The number of ether oxygens (including phenoxy) is 2. The Balaban J connectivity index is 1.81. The van der Waals surface area contributed by atoms with Crippen LogP contribution in [0.5, 0.6) is 5.75 Å². The van der Waals surface area contributed by atoms with Gasteiger partial charge in [-0.1, -0.05) is 31.4 Å². The molecule has 0 aliphatic heterocycles. The molecule has 0 atom stereocenters. The average Bonchev–Trinajstić information content (AvgIpc) is 2.51. The predicted molar refractivity (Wildman–Crippen MR) is 96.2 cm³/mol. The van der Waals surface area contributed by atoms with Crippen LogP contribution in [0.25, 0.3) is 0 Å². The van der Waals surface area contributed by atoms with Crippen molar-refractivity contribution in [1.82, 2.24) is 5.32 Å². The third kappa shape index (κ3) is 6.52. The van der Waals surface area contributed by atoms with Gasteiger partial charge in [-0.25, -0.2) is 4.79 Å². The normalized spacial score (nSPS) is 16.0. The lowest BCUT2D eigenvalue weighted by molar-refractivity contribution is -0.157. The van der Waals surface area contributed by atoms with Crippen LogP contribution in [0.4, 0.5) is 0 Å². The van der Waals surface area contributed by atoms with Crippen molar-refractivity contribution in [1.29, 1.82) is 0 Å². The van der Waals surface area contributed by atoms with Crippen molar-refractivity contribution in [2.75, 3.05) is 6.61 Å². The molecule has 1 saturated carbocycles. The first-order valence-electron chi connectivity index (χ1n) is 9.01. The van der Waals surface area contributed by atoms with E-state index >= 15 is 0 Å². The third-order valence-corrected chi connectivity index (χ3v) is 4.20. The van der Waals surface area contributed by atoms with Gasteiger partial charge in [0.2, 0.25) is 0 Å². The van der Waals surface area contributed by atoms with E-state index in [-0.39, 0.29) is 12.6 Å². The highest BCUT2D eigenvalue weighted by molar-refractivity contribution is 5.71. The molecule has 4 nitrogen and oxygen atoms in total. The first-order chi connectivity index (χ1) is 11.3. The Hall–Kier alpha value is -1.55. The van der Waals surface area contributed by atoms with Crippen molar-refractivity contribution in [2.24, 2.45) is 0 Å². The lowest BCUT2D eigenvalue weighted by Crippen LogP contribution is -2.30. The van der Waals surface area contributed by atoms with Crippen LogP contribution in [-0.4, -0.2) is 24.2 Å². The summed E-state index contributed by atoms with van der Waals surface area (Å²) in [6.07, 6.45) is 6.63. The summed E-state index contributed by atoms with van der Waals surface area (Å²) >= 11 is 0. The molecule has 1 aromatic rings. The van der Waals surface area contributed by atoms with Crippen LogP contribution in [0.15, 0.2) is 18.2 Å². The molecule has 1 fully saturated rings. The number of hydrogen-bond acceptors (Lipinski definition) is 4. The van der Waals surface area contributed by atoms with E-state index in [0.717, 1.165) is 17.9 Å². The van der Waals surface area contributed by atoms with Crippen molar-refractivity contribution < 1.29 is 14.3 Å².